The molecule has 8 nitrogen and oxygen atoms in total. The van der Waals surface area contributed by atoms with Gasteiger partial charge in [-0.2, -0.15) is 4.98 Å². The number of aliphatic hydroxyl groups is 1. The van der Waals surface area contributed by atoms with Gasteiger partial charge in [-0.3, -0.25) is 9.69 Å². The van der Waals surface area contributed by atoms with Gasteiger partial charge in [-0.25, -0.2) is 9.18 Å². The van der Waals surface area contributed by atoms with Gasteiger partial charge in [0.2, 0.25) is 0 Å². The van der Waals surface area contributed by atoms with Crippen molar-refractivity contribution in [3.63, 3.8) is 0 Å². The summed E-state index contributed by atoms with van der Waals surface area (Å²) in [5.41, 5.74) is 0.506. The summed E-state index contributed by atoms with van der Waals surface area (Å²) in [6.07, 6.45) is -0.719. The van der Waals surface area contributed by atoms with Crippen LogP contribution in [-0.2, 0) is 5.72 Å². The summed E-state index contributed by atoms with van der Waals surface area (Å²) in [5.74, 6) is 4.47. The zero-order valence-electron chi connectivity index (χ0n) is 18.5. The molecule has 2 heterocycles. The molecule has 9 heteroatoms. The molecule has 1 atom stereocenters. The lowest BCUT2D eigenvalue weighted by molar-refractivity contribution is 0.0704. The van der Waals surface area contributed by atoms with Crippen molar-refractivity contribution in [2.75, 3.05) is 11.4 Å². The number of benzene rings is 3. The van der Waals surface area contributed by atoms with Gasteiger partial charge in [0, 0.05) is 22.4 Å². The lowest BCUT2D eigenvalue weighted by atomic mass is 9.93. The van der Waals surface area contributed by atoms with Crippen molar-refractivity contribution in [2.24, 2.45) is 0 Å². The molecule has 4 aromatic rings. The maximum Gasteiger partial charge on any atom is 0.415 e. The normalized spacial score (nSPS) is 16.5. The van der Waals surface area contributed by atoms with Crippen molar-refractivity contribution in [3.8, 4) is 17.9 Å². The van der Waals surface area contributed by atoms with Crippen LogP contribution < -0.4 is 15.0 Å². The van der Waals surface area contributed by atoms with Gasteiger partial charge in [-0.15, -0.1) is 5.92 Å². The Labute approximate surface area is 199 Å². The molecular formula is C26H19FN4O4. The van der Waals surface area contributed by atoms with Gasteiger partial charge in [0.1, 0.15) is 5.82 Å². The Balaban J connectivity index is 1.56. The Morgan fingerprint density at radius 1 is 1.20 bits per heavy atom. The molecule has 3 aromatic carbocycles. The molecule has 2 amide bonds. The van der Waals surface area contributed by atoms with E-state index in [2.05, 4.69) is 27.1 Å². The summed E-state index contributed by atoms with van der Waals surface area (Å²) in [6.45, 7) is 1.80. The Bertz CT molecular complexity index is 1520. The SMILES string of the molecule is CC#CCNC(=O)Oc1nc2ccc(C3(O)c4ccccc4C(=O)N3c3ccc(F)cc3)cc2[nH]1. The summed E-state index contributed by atoms with van der Waals surface area (Å²) in [6, 6.07) is 16.9. The molecule has 3 N–H and O–H groups in total. The summed E-state index contributed by atoms with van der Waals surface area (Å²) < 4.78 is 18.7. The van der Waals surface area contributed by atoms with Gasteiger partial charge in [0.15, 0.2) is 5.72 Å². The number of carbonyl (C=O) groups is 2. The topological polar surface area (TPSA) is 108 Å². The number of nitrogens with zero attached hydrogens (tertiary/aromatic N) is 2. The van der Waals surface area contributed by atoms with E-state index in [0.29, 0.717) is 33.4 Å². The molecule has 35 heavy (non-hydrogen) atoms. The molecule has 0 saturated heterocycles. The number of imidazole rings is 1. The van der Waals surface area contributed by atoms with E-state index in [1.165, 1.54) is 29.2 Å². The number of fused-ring (bicyclic) bond motifs is 2. The number of carbonyl (C=O) groups excluding carboxylic acids is 2. The van der Waals surface area contributed by atoms with Gasteiger partial charge in [-0.1, -0.05) is 30.2 Å². The second-order valence-corrected chi connectivity index (χ2v) is 7.78. The van der Waals surface area contributed by atoms with Crippen molar-refractivity contribution >= 4 is 28.7 Å². The van der Waals surface area contributed by atoms with Crippen LogP contribution >= 0.6 is 0 Å². The number of halogens is 1. The van der Waals surface area contributed by atoms with Crippen LogP contribution in [0.2, 0.25) is 0 Å². The molecule has 0 saturated carbocycles. The molecule has 0 spiro atoms. The molecule has 1 unspecified atom stereocenters. The smallest absolute Gasteiger partial charge is 0.375 e. The van der Waals surface area contributed by atoms with Crippen molar-refractivity contribution in [1.29, 1.82) is 0 Å². The first kappa shape index (κ1) is 22.1. The highest BCUT2D eigenvalue weighted by Crippen LogP contribution is 2.45. The Kier molecular flexibility index (Phi) is 5.43. The number of anilines is 1. The molecule has 1 aliphatic rings. The van der Waals surface area contributed by atoms with E-state index in [1.807, 2.05) is 0 Å². The van der Waals surface area contributed by atoms with E-state index < -0.39 is 23.5 Å². The number of aromatic amines is 1. The number of amides is 2. The van der Waals surface area contributed by atoms with Gasteiger partial charge >= 0.3 is 12.1 Å². The average molecular weight is 470 g/mol. The predicted octanol–water partition coefficient (Wildman–Crippen LogP) is 3.67. The molecule has 0 aliphatic carbocycles. The Morgan fingerprint density at radius 3 is 2.74 bits per heavy atom. The molecule has 0 fully saturated rings. The molecular weight excluding hydrogens is 451 g/mol. The number of hydrogen-bond donors (Lipinski definition) is 3. The van der Waals surface area contributed by atoms with E-state index in [-0.39, 0.29) is 12.6 Å². The maximum atomic E-state index is 13.6. The quantitative estimate of drug-likeness (QED) is 0.395. The summed E-state index contributed by atoms with van der Waals surface area (Å²) in [5, 5.41) is 14.5. The molecule has 174 valence electrons. The van der Waals surface area contributed by atoms with Crippen molar-refractivity contribution in [2.45, 2.75) is 12.6 Å². The van der Waals surface area contributed by atoms with E-state index in [4.69, 9.17) is 4.74 Å². The van der Waals surface area contributed by atoms with E-state index in [0.717, 1.165) is 0 Å². The zero-order chi connectivity index (χ0) is 24.6. The van der Waals surface area contributed by atoms with Crippen LogP contribution in [-0.4, -0.2) is 33.6 Å². The van der Waals surface area contributed by atoms with E-state index in [9.17, 15) is 19.1 Å². The van der Waals surface area contributed by atoms with Crippen molar-refractivity contribution in [1.82, 2.24) is 15.3 Å². The maximum absolute atomic E-state index is 13.6. The minimum absolute atomic E-state index is 0.0376. The third kappa shape index (κ3) is 3.76. The van der Waals surface area contributed by atoms with Crippen LogP contribution in [0.3, 0.4) is 0 Å². The summed E-state index contributed by atoms with van der Waals surface area (Å²) in [4.78, 5) is 33.6. The van der Waals surface area contributed by atoms with Crippen LogP contribution in [0, 0.1) is 17.7 Å². The fourth-order valence-electron chi connectivity index (χ4n) is 4.12. The molecule has 1 aromatic heterocycles. The minimum Gasteiger partial charge on any atom is -0.375 e. The number of aromatic nitrogens is 2. The third-order valence-corrected chi connectivity index (χ3v) is 5.69. The predicted molar refractivity (Wildman–Crippen MR) is 126 cm³/mol. The number of H-pyrrole nitrogens is 1. The number of hydrogen-bond acceptors (Lipinski definition) is 5. The fraction of sp³-hybridized carbons (Fsp3) is 0.115. The fourth-order valence-corrected chi connectivity index (χ4v) is 4.12. The highest BCUT2D eigenvalue weighted by Gasteiger charge is 2.50. The first-order valence-corrected chi connectivity index (χ1v) is 10.7. The first-order chi connectivity index (χ1) is 16.9. The summed E-state index contributed by atoms with van der Waals surface area (Å²) >= 11 is 0. The summed E-state index contributed by atoms with van der Waals surface area (Å²) in [7, 11) is 0. The van der Waals surface area contributed by atoms with Gasteiger partial charge in [0.25, 0.3) is 5.91 Å². The van der Waals surface area contributed by atoms with E-state index in [1.54, 1.807) is 49.4 Å². The largest absolute Gasteiger partial charge is 0.415 e. The number of nitrogens with one attached hydrogen (secondary N) is 2. The molecule has 0 radical (unpaired) electrons. The lowest BCUT2D eigenvalue weighted by Gasteiger charge is -2.34. The van der Waals surface area contributed by atoms with Crippen LogP contribution in [0.25, 0.3) is 11.0 Å². The van der Waals surface area contributed by atoms with Crippen LogP contribution in [0.15, 0.2) is 66.7 Å². The van der Waals surface area contributed by atoms with Crippen LogP contribution in [0.1, 0.15) is 28.4 Å². The van der Waals surface area contributed by atoms with Gasteiger partial charge in [0.05, 0.1) is 17.6 Å². The van der Waals surface area contributed by atoms with E-state index >= 15 is 0 Å². The highest BCUT2D eigenvalue weighted by atomic mass is 19.1. The monoisotopic (exact) mass is 470 g/mol. The molecule has 1 aliphatic heterocycles. The standard InChI is InChI=1S/C26H19FN4O4/c1-2-3-14-28-25(33)35-24-29-21-13-8-16(15-22(21)30-24)26(34)20-7-5-4-6-19(20)23(32)31(26)18-11-9-17(27)10-12-18/h4-13,15,34H,14H2,1H3,(H,28,33)(H,29,30). The Hall–Kier alpha value is -4.68. The highest BCUT2D eigenvalue weighted by molar-refractivity contribution is 6.12. The molecule has 0 bridgehead atoms. The van der Waals surface area contributed by atoms with Crippen LogP contribution in [0.4, 0.5) is 14.9 Å². The lowest BCUT2D eigenvalue weighted by Crippen LogP contribution is -2.45. The minimum atomic E-state index is -1.87. The average Bonchev–Trinajstić information content (AvgIpc) is 3.36. The van der Waals surface area contributed by atoms with Gasteiger partial charge < -0.3 is 20.1 Å². The van der Waals surface area contributed by atoms with Gasteiger partial charge in [-0.05, 0) is 49.4 Å². The second kappa shape index (κ2) is 8.59. The van der Waals surface area contributed by atoms with Crippen molar-refractivity contribution in [3.05, 3.63) is 89.2 Å². The Morgan fingerprint density at radius 2 is 1.97 bits per heavy atom. The first-order valence-electron chi connectivity index (χ1n) is 10.7. The third-order valence-electron chi connectivity index (χ3n) is 5.69. The van der Waals surface area contributed by atoms with Crippen LogP contribution in [0.5, 0.6) is 6.01 Å². The number of rotatable bonds is 4. The molecule has 5 rings (SSSR count). The second-order valence-electron chi connectivity index (χ2n) is 7.78. The van der Waals surface area contributed by atoms with Crippen molar-refractivity contribution < 1.29 is 23.8 Å². The zero-order valence-corrected chi connectivity index (χ0v) is 18.5. The number of ether oxygens (including phenoxy) is 1.